The van der Waals surface area contributed by atoms with Crippen LogP contribution in [0.25, 0.3) is 0 Å². The summed E-state index contributed by atoms with van der Waals surface area (Å²) >= 11 is 0. The first-order chi connectivity index (χ1) is 17.4. The van der Waals surface area contributed by atoms with Crippen molar-refractivity contribution in [3.8, 4) is 11.5 Å². The zero-order valence-corrected chi connectivity index (χ0v) is 21.9. The first-order valence-corrected chi connectivity index (χ1v) is 12.9. The van der Waals surface area contributed by atoms with Crippen LogP contribution >= 0.6 is 0 Å². The number of rotatable bonds is 10. The molecule has 36 heavy (non-hydrogen) atoms. The van der Waals surface area contributed by atoms with E-state index in [1.807, 2.05) is 0 Å². The molecule has 1 unspecified atom stereocenters. The van der Waals surface area contributed by atoms with Gasteiger partial charge in [-0.2, -0.15) is 0 Å². The molecule has 2 aromatic rings. The van der Waals surface area contributed by atoms with Gasteiger partial charge in [0.15, 0.2) is 23.5 Å². The number of hydrogen-bond acceptors (Lipinski definition) is 6. The molecule has 1 fully saturated rings. The van der Waals surface area contributed by atoms with E-state index in [0.29, 0.717) is 35.4 Å². The molecule has 1 aliphatic heterocycles. The topological polar surface area (TPSA) is 68.3 Å². The smallest absolute Gasteiger partial charge is 0.410 e. The summed E-state index contributed by atoms with van der Waals surface area (Å²) in [4.78, 5) is 29.0. The van der Waals surface area contributed by atoms with Crippen LogP contribution in [0.1, 0.15) is 65.9 Å². The van der Waals surface area contributed by atoms with Gasteiger partial charge in [-0.05, 0) is 55.0 Å². The highest BCUT2D eigenvalue weighted by atomic mass is 16.6. The number of ketones is 1. The van der Waals surface area contributed by atoms with Crippen molar-refractivity contribution in [3.63, 3.8) is 0 Å². The molecule has 1 heterocycles. The molecule has 4 rings (SSSR count). The van der Waals surface area contributed by atoms with E-state index in [2.05, 4.69) is 29.2 Å². The Morgan fingerprint density at radius 2 is 1.78 bits per heavy atom. The predicted molar refractivity (Wildman–Crippen MR) is 139 cm³/mol. The molecule has 194 valence electrons. The van der Waals surface area contributed by atoms with E-state index in [-0.39, 0.29) is 18.1 Å². The van der Waals surface area contributed by atoms with Gasteiger partial charge in [-0.3, -0.25) is 9.69 Å². The van der Waals surface area contributed by atoms with Crippen molar-refractivity contribution >= 4 is 11.9 Å². The summed E-state index contributed by atoms with van der Waals surface area (Å²) in [6, 6.07) is 14.4. The lowest BCUT2D eigenvalue weighted by molar-refractivity contribution is -0.0151. The number of fused-ring (bicyclic) bond motifs is 3. The zero-order chi connectivity index (χ0) is 25.7. The number of benzene rings is 2. The lowest BCUT2D eigenvalue weighted by Gasteiger charge is -2.34. The molecule has 1 saturated heterocycles. The molecule has 0 radical (unpaired) electrons. The molecule has 3 atom stereocenters. The normalized spacial score (nSPS) is 20.8. The van der Waals surface area contributed by atoms with Gasteiger partial charge in [-0.15, -0.1) is 0 Å². The minimum absolute atomic E-state index is 0.110. The van der Waals surface area contributed by atoms with Gasteiger partial charge in [0.2, 0.25) is 0 Å². The Labute approximate surface area is 214 Å². The highest BCUT2D eigenvalue weighted by Gasteiger charge is 2.45. The number of hydrogen-bond donors (Lipinski definition) is 0. The largest absolute Gasteiger partial charge is 0.493 e. The molecule has 0 spiro atoms. The Hall–Kier alpha value is -3.06. The molecule has 0 bridgehead atoms. The van der Waals surface area contributed by atoms with Gasteiger partial charge in [-0.1, -0.05) is 30.7 Å². The van der Waals surface area contributed by atoms with E-state index in [1.165, 1.54) is 16.0 Å². The maximum absolute atomic E-state index is 12.7. The Morgan fingerprint density at radius 3 is 2.53 bits per heavy atom. The first-order valence-electron chi connectivity index (χ1n) is 12.9. The number of unbranched alkanes of at least 4 members (excludes halogenated alkanes) is 2. The fourth-order valence-corrected chi connectivity index (χ4v) is 5.64. The van der Waals surface area contributed by atoms with Crippen molar-refractivity contribution in [2.24, 2.45) is 0 Å². The minimum Gasteiger partial charge on any atom is -0.493 e. The van der Waals surface area contributed by atoms with Gasteiger partial charge in [-0.25, -0.2) is 4.79 Å². The van der Waals surface area contributed by atoms with Crippen LogP contribution in [0.4, 0.5) is 4.79 Å². The van der Waals surface area contributed by atoms with Crippen LogP contribution in [-0.4, -0.2) is 68.8 Å². The fraction of sp³-hybridized carbons (Fsp3) is 0.517. The number of likely N-dealkylation sites (tertiary alicyclic amines) is 1. The minimum atomic E-state index is -0.294. The molecule has 1 amide bonds. The number of ether oxygens (including phenoxy) is 3. The summed E-state index contributed by atoms with van der Waals surface area (Å²) < 4.78 is 16.5. The van der Waals surface area contributed by atoms with Crippen molar-refractivity contribution in [1.82, 2.24) is 9.80 Å². The number of nitrogens with zero attached hydrogens (tertiary/aromatic N) is 2. The molecule has 0 N–H and O–H groups in total. The number of methoxy groups -OCH3 is 2. The third-order valence-electron chi connectivity index (χ3n) is 7.51. The first kappa shape index (κ1) is 26.0. The molecule has 0 saturated carbocycles. The Kier molecular flexibility index (Phi) is 8.52. The second kappa shape index (κ2) is 11.8. The highest BCUT2D eigenvalue weighted by Crippen LogP contribution is 2.44. The standard InChI is InChI=1S/C29H38N2O5/c1-30(2)29(33)36-28-19-23-22-11-8-7-10-20(22)13-15-24(23)31(28)17-9-5-6-12-25(32)21-14-16-26(34-3)27(18-21)35-4/h7-8,10-11,14,16,18,23-24,28H,5-6,9,12-13,15,17,19H2,1-4H3/t23-,24+,28?/m0/s1. The molecule has 2 aliphatic rings. The molecule has 7 heteroatoms. The molecule has 7 nitrogen and oxygen atoms in total. The lowest BCUT2D eigenvalue weighted by atomic mass is 9.79. The van der Waals surface area contributed by atoms with Crippen molar-refractivity contribution < 1.29 is 23.8 Å². The van der Waals surface area contributed by atoms with Gasteiger partial charge in [0.25, 0.3) is 0 Å². The van der Waals surface area contributed by atoms with Gasteiger partial charge in [0.05, 0.1) is 14.2 Å². The van der Waals surface area contributed by atoms with Crippen molar-refractivity contribution in [2.75, 3.05) is 34.9 Å². The van der Waals surface area contributed by atoms with E-state index in [9.17, 15) is 9.59 Å². The summed E-state index contributed by atoms with van der Waals surface area (Å²) in [6.45, 7) is 0.860. The van der Waals surface area contributed by atoms with E-state index in [0.717, 1.165) is 45.1 Å². The molecular weight excluding hydrogens is 456 g/mol. The van der Waals surface area contributed by atoms with E-state index in [1.54, 1.807) is 46.5 Å². The third-order valence-corrected chi connectivity index (χ3v) is 7.51. The number of aryl methyl sites for hydroxylation is 1. The van der Waals surface area contributed by atoms with Crippen molar-refractivity contribution in [1.29, 1.82) is 0 Å². The summed E-state index contributed by atoms with van der Waals surface area (Å²) in [5.74, 6) is 1.69. The second-order valence-corrected chi connectivity index (χ2v) is 9.92. The molecular formula is C29H38N2O5. The quantitative estimate of drug-likeness (QED) is 0.331. The lowest BCUT2D eigenvalue weighted by Crippen LogP contribution is -2.42. The van der Waals surface area contributed by atoms with Crippen LogP contribution in [0.3, 0.4) is 0 Å². The Morgan fingerprint density at radius 1 is 1.00 bits per heavy atom. The monoisotopic (exact) mass is 494 g/mol. The molecule has 2 aromatic carbocycles. The van der Waals surface area contributed by atoms with Gasteiger partial charge >= 0.3 is 6.09 Å². The maximum Gasteiger partial charge on any atom is 0.410 e. The average Bonchev–Trinajstić information content (AvgIpc) is 3.25. The Balaban J connectivity index is 1.33. The van der Waals surface area contributed by atoms with Crippen LogP contribution in [0.15, 0.2) is 42.5 Å². The van der Waals surface area contributed by atoms with E-state index in [4.69, 9.17) is 14.2 Å². The van der Waals surface area contributed by atoms with Crippen molar-refractivity contribution in [2.45, 2.75) is 63.1 Å². The fourth-order valence-electron chi connectivity index (χ4n) is 5.64. The van der Waals surface area contributed by atoms with E-state index >= 15 is 0 Å². The SMILES string of the molecule is COc1ccc(C(=O)CCCCCN2C(OC(=O)N(C)C)C[C@H]3c4ccccc4CC[C@H]32)cc1OC. The van der Waals surface area contributed by atoms with Crippen LogP contribution in [0.5, 0.6) is 11.5 Å². The van der Waals surface area contributed by atoms with Crippen LogP contribution in [0, 0.1) is 0 Å². The summed E-state index contributed by atoms with van der Waals surface area (Å²) in [7, 11) is 6.60. The molecule has 1 aliphatic carbocycles. The molecule has 0 aromatic heterocycles. The van der Waals surface area contributed by atoms with Crippen LogP contribution in [-0.2, 0) is 11.2 Å². The number of carbonyl (C=O) groups excluding carboxylic acids is 2. The van der Waals surface area contributed by atoms with Gasteiger partial charge < -0.3 is 19.1 Å². The predicted octanol–water partition coefficient (Wildman–Crippen LogP) is 5.28. The van der Waals surface area contributed by atoms with Gasteiger partial charge in [0.1, 0.15) is 0 Å². The summed E-state index contributed by atoms with van der Waals surface area (Å²) in [5.41, 5.74) is 3.47. The third kappa shape index (κ3) is 5.67. The second-order valence-electron chi connectivity index (χ2n) is 9.92. The van der Waals surface area contributed by atoms with Crippen LogP contribution in [0.2, 0.25) is 0 Å². The zero-order valence-electron chi connectivity index (χ0n) is 21.9. The van der Waals surface area contributed by atoms with E-state index < -0.39 is 0 Å². The van der Waals surface area contributed by atoms with Crippen LogP contribution < -0.4 is 9.47 Å². The highest BCUT2D eigenvalue weighted by molar-refractivity contribution is 5.96. The van der Waals surface area contributed by atoms with Crippen molar-refractivity contribution in [3.05, 3.63) is 59.2 Å². The average molecular weight is 495 g/mol. The number of Topliss-reactive ketones (excluding diaryl/α,β-unsaturated/α-hetero) is 1. The number of carbonyl (C=O) groups is 2. The summed E-state index contributed by atoms with van der Waals surface area (Å²) in [5, 5.41) is 0. The summed E-state index contributed by atoms with van der Waals surface area (Å²) in [6.07, 6.45) is 5.68. The van der Waals surface area contributed by atoms with Gasteiger partial charge in [0, 0.05) is 51.0 Å². The maximum atomic E-state index is 12.7. The Bertz CT molecular complexity index is 1070. The number of amides is 1.